The number of sulfone groups is 1. The first-order chi connectivity index (χ1) is 11.1. The number of benzene rings is 2. The molecule has 0 radical (unpaired) electrons. The van der Waals surface area contributed by atoms with Crippen molar-refractivity contribution in [2.24, 2.45) is 0 Å². The van der Waals surface area contributed by atoms with E-state index in [0.717, 1.165) is 24.5 Å². The fraction of sp³-hybridized carbons (Fsp3) is 0.0714. The number of hydrogen-bond donors (Lipinski definition) is 1. The van der Waals surface area contributed by atoms with Crippen molar-refractivity contribution in [2.75, 3.05) is 11.6 Å². The smallest absolute Gasteiger partial charge is 0.271 e. The van der Waals surface area contributed by atoms with Gasteiger partial charge in [-0.25, -0.2) is 8.42 Å². The average molecular weight is 434 g/mol. The second-order valence-electron chi connectivity index (χ2n) is 4.82. The predicted octanol–water partition coefficient (Wildman–Crippen LogP) is 3.67. The maximum atomic E-state index is 12.3. The molecule has 0 bridgehead atoms. The summed E-state index contributed by atoms with van der Waals surface area (Å²) >= 11 is 9.22. The molecule has 0 saturated carbocycles. The van der Waals surface area contributed by atoms with Gasteiger partial charge in [-0.1, -0.05) is 27.5 Å². The summed E-state index contributed by atoms with van der Waals surface area (Å²) in [6.45, 7) is 0. The molecule has 24 heavy (non-hydrogen) atoms. The Morgan fingerprint density at radius 2 is 1.92 bits per heavy atom. The van der Waals surface area contributed by atoms with E-state index < -0.39 is 26.4 Å². The van der Waals surface area contributed by atoms with Crippen LogP contribution in [0.25, 0.3) is 0 Å². The summed E-state index contributed by atoms with van der Waals surface area (Å²) in [5.41, 5.74) is -0.370. The molecule has 0 atom stereocenters. The summed E-state index contributed by atoms with van der Waals surface area (Å²) in [4.78, 5) is 22.2. The lowest BCUT2D eigenvalue weighted by atomic mass is 10.2. The van der Waals surface area contributed by atoms with Crippen molar-refractivity contribution in [1.29, 1.82) is 0 Å². The molecular weight excluding hydrogens is 424 g/mol. The zero-order valence-corrected chi connectivity index (χ0v) is 15.3. The molecule has 2 rings (SSSR count). The van der Waals surface area contributed by atoms with Crippen molar-refractivity contribution >= 4 is 54.7 Å². The van der Waals surface area contributed by atoms with E-state index in [1.54, 1.807) is 18.2 Å². The highest BCUT2D eigenvalue weighted by Crippen LogP contribution is 2.27. The number of nitrogens with one attached hydrogen (secondary N) is 1. The number of nitro benzene ring substituents is 1. The van der Waals surface area contributed by atoms with Crippen LogP contribution in [0.4, 0.5) is 11.4 Å². The molecule has 0 heterocycles. The van der Waals surface area contributed by atoms with Crippen molar-refractivity contribution in [2.45, 2.75) is 4.90 Å². The Labute approximate surface area is 150 Å². The SMILES string of the molecule is CS(=O)(=O)c1cc(C(=O)Nc2ccc(Br)cc2Cl)cc([N+](=O)[O-])c1. The van der Waals surface area contributed by atoms with Crippen LogP contribution >= 0.6 is 27.5 Å². The van der Waals surface area contributed by atoms with Crippen molar-refractivity contribution in [3.05, 3.63) is 61.6 Å². The molecule has 0 unspecified atom stereocenters. The Morgan fingerprint density at radius 3 is 2.46 bits per heavy atom. The van der Waals surface area contributed by atoms with E-state index in [4.69, 9.17) is 11.6 Å². The molecule has 0 spiro atoms. The number of carbonyl (C=O) groups excluding carboxylic acids is 1. The lowest BCUT2D eigenvalue weighted by molar-refractivity contribution is -0.385. The number of carbonyl (C=O) groups is 1. The van der Waals surface area contributed by atoms with Gasteiger partial charge in [-0.2, -0.15) is 0 Å². The number of non-ortho nitro benzene ring substituents is 1. The Morgan fingerprint density at radius 1 is 1.25 bits per heavy atom. The summed E-state index contributed by atoms with van der Waals surface area (Å²) in [5, 5.41) is 13.7. The zero-order chi connectivity index (χ0) is 18.1. The molecule has 0 aromatic heterocycles. The first-order valence-corrected chi connectivity index (χ1v) is 9.40. The van der Waals surface area contributed by atoms with Gasteiger partial charge in [0.15, 0.2) is 9.84 Å². The van der Waals surface area contributed by atoms with E-state index in [1.165, 1.54) is 0 Å². The van der Waals surface area contributed by atoms with E-state index in [-0.39, 0.29) is 21.2 Å². The summed E-state index contributed by atoms with van der Waals surface area (Å²) in [7, 11) is -3.72. The Hall–Kier alpha value is -1.97. The molecule has 0 aliphatic heterocycles. The normalized spacial score (nSPS) is 11.1. The van der Waals surface area contributed by atoms with Crippen molar-refractivity contribution in [3.63, 3.8) is 0 Å². The maximum Gasteiger partial charge on any atom is 0.271 e. The number of anilines is 1. The minimum Gasteiger partial charge on any atom is -0.321 e. The second-order valence-corrected chi connectivity index (χ2v) is 8.16. The highest BCUT2D eigenvalue weighted by molar-refractivity contribution is 9.10. The van der Waals surface area contributed by atoms with E-state index >= 15 is 0 Å². The number of rotatable bonds is 4. The third-order valence-corrected chi connectivity index (χ3v) is 4.87. The van der Waals surface area contributed by atoms with Crippen molar-refractivity contribution in [3.8, 4) is 0 Å². The van der Waals surface area contributed by atoms with Gasteiger partial charge in [0.25, 0.3) is 11.6 Å². The highest BCUT2D eigenvalue weighted by Gasteiger charge is 2.19. The Balaban J connectivity index is 2.45. The Kier molecular flexibility index (Phi) is 5.26. The van der Waals surface area contributed by atoms with Crippen LogP contribution in [0.3, 0.4) is 0 Å². The van der Waals surface area contributed by atoms with E-state index in [9.17, 15) is 23.3 Å². The molecule has 2 aromatic rings. The van der Waals surface area contributed by atoms with Gasteiger partial charge in [-0.3, -0.25) is 14.9 Å². The molecule has 1 amide bonds. The van der Waals surface area contributed by atoms with Gasteiger partial charge in [0, 0.05) is 28.4 Å². The number of nitrogens with zero attached hydrogens (tertiary/aromatic N) is 1. The van der Waals surface area contributed by atoms with Crippen molar-refractivity contribution in [1.82, 2.24) is 0 Å². The number of amides is 1. The molecule has 0 saturated heterocycles. The summed E-state index contributed by atoms with van der Waals surface area (Å²) in [6.07, 6.45) is 0.902. The van der Waals surface area contributed by atoms with Crippen LogP contribution < -0.4 is 5.32 Å². The molecule has 0 aliphatic carbocycles. The largest absolute Gasteiger partial charge is 0.321 e. The van der Waals surface area contributed by atoms with Gasteiger partial charge < -0.3 is 5.32 Å². The third-order valence-electron chi connectivity index (χ3n) is 2.97. The maximum absolute atomic E-state index is 12.3. The number of halogens is 2. The van der Waals surface area contributed by atoms with Crippen LogP contribution in [0.2, 0.25) is 5.02 Å². The van der Waals surface area contributed by atoms with Gasteiger partial charge in [-0.15, -0.1) is 0 Å². The Bertz CT molecular complexity index is 946. The number of nitro groups is 1. The van der Waals surface area contributed by atoms with Gasteiger partial charge in [0.2, 0.25) is 0 Å². The van der Waals surface area contributed by atoms with Crippen molar-refractivity contribution < 1.29 is 18.1 Å². The third kappa shape index (κ3) is 4.31. The van der Waals surface area contributed by atoms with E-state index in [0.29, 0.717) is 4.47 Å². The molecule has 10 heteroatoms. The summed E-state index contributed by atoms with van der Waals surface area (Å²) in [5.74, 6) is -0.715. The van der Waals surface area contributed by atoms with Gasteiger partial charge in [0.05, 0.1) is 20.5 Å². The lowest BCUT2D eigenvalue weighted by Crippen LogP contribution is -2.13. The monoisotopic (exact) mass is 432 g/mol. The fourth-order valence-electron chi connectivity index (χ4n) is 1.82. The molecule has 7 nitrogen and oxygen atoms in total. The first kappa shape index (κ1) is 18.4. The van der Waals surface area contributed by atoms with Gasteiger partial charge in [0.1, 0.15) is 0 Å². The van der Waals surface area contributed by atoms with E-state index in [1.807, 2.05) is 0 Å². The van der Waals surface area contributed by atoms with Crippen LogP contribution in [-0.4, -0.2) is 25.5 Å². The minimum atomic E-state index is -3.72. The predicted molar refractivity (Wildman–Crippen MR) is 93.3 cm³/mol. The standard InChI is InChI=1S/C14H10BrClN2O5S/c1-24(22,23)11-5-8(4-10(7-11)18(20)21)14(19)17-13-3-2-9(15)6-12(13)16/h2-7H,1H3,(H,17,19). The second kappa shape index (κ2) is 6.88. The lowest BCUT2D eigenvalue weighted by Gasteiger charge is -2.09. The quantitative estimate of drug-likeness (QED) is 0.585. The number of hydrogen-bond acceptors (Lipinski definition) is 5. The van der Waals surface area contributed by atoms with Gasteiger partial charge in [-0.05, 0) is 24.3 Å². The summed E-state index contributed by atoms with van der Waals surface area (Å²) in [6, 6.07) is 7.72. The molecule has 0 fully saturated rings. The van der Waals surface area contributed by atoms with Gasteiger partial charge >= 0.3 is 0 Å². The molecule has 1 N–H and O–H groups in total. The van der Waals surface area contributed by atoms with Crippen LogP contribution in [0.1, 0.15) is 10.4 Å². The molecular formula is C14H10BrClN2O5S. The first-order valence-electron chi connectivity index (χ1n) is 6.34. The van der Waals surface area contributed by atoms with Crippen LogP contribution in [-0.2, 0) is 9.84 Å². The van der Waals surface area contributed by atoms with Crippen LogP contribution in [0.5, 0.6) is 0 Å². The van der Waals surface area contributed by atoms with Crippen LogP contribution in [0.15, 0.2) is 45.8 Å². The fourth-order valence-corrected chi connectivity index (χ4v) is 3.22. The van der Waals surface area contributed by atoms with E-state index in [2.05, 4.69) is 21.2 Å². The molecule has 126 valence electrons. The average Bonchev–Trinajstić information content (AvgIpc) is 2.48. The highest BCUT2D eigenvalue weighted by atomic mass is 79.9. The molecule has 2 aromatic carbocycles. The summed E-state index contributed by atoms with van der Waals surface area (Å²) < 4.78 is 24.0. The van der Waals surface area contributed by atoms with Crippen LogP contribution in [0, 0.1) is 10.1 Å². The zero-order valence-electron chi connectivity index (χ0n) is 12.1. The topological polar surface area (TPSA) is 106 Å². The molecule has 0 aliphatic rings. The minimum absolute atomic E-state index is 0.163.